The molecule has 0 spiro atoms. The van der Waals surface area contributed by atoms with Gasteiger partial charge in [0.25, 0.3) is 0 Å². The Morgan fingerprint density at radius 1 is 0.312 bits per heavy atom. The van der Waals surface area contributed by atoms with E-state index in [2.05, 4.69) is 135 Å². The predicted molar refractivity (Wildman–Crippen MR) is 138 cm³/mol. The molecule has 0 amide bonds. The van der Waals surface area contributed by atoms with Gasteiger partial charge in [-0.25, -0.2) is 0 Å². The standard InChI is InChI=1S/C32H26/c1-23-11-13-25(14-12-23)30-19-20-31(32(22-30)27-8-4-3-5-9-27)28-17-15-26(16-18-28)29-10-6-7-24(2)21-29/h3-22H,1-2H3. The molecule has 0 unspecified atom stereocenters. The number of rotatable bonds is 4. The maximum Gasteiger partial charge on any atom is -0.00992 e. The molecule has 5 aromatic rings. The predicted octanol–water partition coefficient (Wildman–Crippen LogP) is 8.97. The second-order valence-electron chi connectivity index (χ2n) is 8.44. The molecule has 5 aromatic carbocycles. The lowest BCUT2D eigenvalue weighted by atomic mass is 9.90. The molecule has 32 heavy (non-hydrogen) atoms. The molecule has 0 radical (unpaired) electrons. The van der Waals surface area contributed by atoms with E-state index in [4.69, 9.17) is 0 Å². The van der Waals surface area contributed by atoms with Crippen LogP contribution in [-0.2, 0) is 0 Å². The van der Waals surface area contributed by atoms with Crippen LogP contribution >= 0.6 is 0 Å². The van der Waals surface area contributed by atoms with Crippen molar-refractivity contribution in [2.75, 3.05) is 0 Å². The Bertz CT molecular complexity index is 1340. The molecular formula is C32H26. The third-order valence-corrected chi connectivity index (χ3v) is 6.04. The number of hydrogen-bond donors (Lipinski definition) is 0. The van der Waals surface area contributed by atoms with Gasteiger partial charge in [0.05, 0.1) is 0 Å². The molecule has 0 heterocycles. The maximum atomic E-state index is 2.32. The maximum absolute atomic E-state index is 2.32. The molecule has 0 fully saturated rings. The van der Waals surface area contributed by atoms with Crippen molar-refractivity contribution in [2.24, 2.45) is 0 Å². The second-order valence-corrected chi connectivity index (χ2v) is 8.44. The quantitative estimate of drug-likeness (QED) is 0.277. The number of benzene rings is 5. The van der Waals surface area contributed by atoms with Crippen LogP contribution in [0.4, 0.5) is 0 Å². The first kappa shape index (κ1) is 20.0. The molecule has 0 atom stereocenters. The van der Waals surface area contributed by atoms with Crippen molar-refractivity contribution < 1.29 is 0 Å². The molecule has 0 nitrogen and oxygen atoms in total. The van der Waals surface area contributed by atoms with Gasteiger partial charge in [0, 0.05) is 0 Å². The molecule has 5 rings (SSSR count). The van der Waals surface area contributed by atoms with Gasteiger partial charge in [-0.2, -0.15) is 0 Å². The Balaban J connectivity index is 1.59. The van der Waals surface area contributed by atoms with Gasteiger partial charge in [-0.1, -0.05) is 126 Å². The van der Waals surface area contributed by atoms with Gasteiger partial charge >= 0.3 is 0 Å². The van der Waals surface area contributed by atoms with Gasteiger partial charge in [0.15, 0.2) is 0 Å². The van der Waals surface area contributed by atoms with E-state index in [1.807, 2.05) is 0 Å². The lowest BCUT2D eigenvalue weighted by Gasteiger charge is -2.14. The molecule has 0 aliphatic heterocycles. The Morgan fingerprint density at radius 3 is 1.53 bits per heavy atom. The van der Waals surface area contributed by atoms with E-state index in [-0.39, 0.29) is 0 Å². The van der Waals surface area contributed by atoms with E-state index in [1.54, 1.807) is 0 Å². The van der Waals surface area contributed by atoms with Gasteiger partial charge in [-0.15, -0.1) is 0 Å². The normalized spacial score (nSPS) is 10.8. The zero-order valence-corrected chi connectivity index (χ0v) is 18.5. The highest BCUT2D eigenvalue weighted by Crippen LogP contribution is 2.36. The summed E-state index contributed by atoms with van der Waals surface area (Å²) in [4.78, 5) is 0. The smallest absolute Gasteiger partial charge is 0.00992 e. The van der Waals surface area contributed by atoms with Gasteiger partial charge in [-0.05, 0) is 64.4 Å². The summed E-state index contributed by atoms with van der Waals surface area (Å²) in [7, 11) is 0. The molecule has 0 aliphatic rings. The van der Waals surface area contributed by atoms with Crippen LogP contribution in [0.1, 0.15) is 11.1 Å². The Kier molecular flexibility index (Phi) is 5.44. The van der Waals surface area contributed by atoms with Crippen LogP contribution < -0.4 is 0 Å². The van der Waals surface area contributed by atoms with Crippen molar-refractivity contribution in [1.29, 1.82) is 0 Å². The lowest BCUT2D eigenvalue weighted by Crippen LogP contribution is -1.88. The Hall–Kier alpha value is -3.90. The van der Waals surface area contributed by atoms with Gasteiger partial charge in [-0.3, -0.25) is 0 Å². The minimum absolute atomic E-state index is 1.23. The molecule has 0 heteroatoms. The summed E-state index contributed by atoms with van der Waals surface area (Å²) >= 11 is 0. The van der Waals surface area contributed by atoms with Crippen molar-refractivity contribution in [3.05, 3.63) is 132 Å². The molecule has 0 saturated carbocycles. The van der Waals surface area contributed by atoms with Gasteiger partial charge in [0.2, 0.25) is 0 Å². The first-order valence-electron chi connectivity index (χ1n) is 11.1. The van der Waals surface area contributed by atoms with E-state index in [1.165, 1.54) is 55.6 Å². The first-order chi connectivity index (χ1) is 15.7. The fraction of sp³-hybridized carbons (Fsp3) is 0.0625. The fourth-order valence-corrected chi connectivity index (χ4v) is 4.24. The largest absolute Gasteiger partial charge is 0.0622 e. The lowest BCUT2D eigenvalue weighted by molar-refractivity contribution is 1.46. The van der Waals surface area contributed by atoms with Crippen LogP contribution in [0, 0.1) is 13.8 Å². The minimum atomic E-state index is 1.23. The second kappa shape index (κ2) is 8.69. The molecule has 0 N–H and O–H groups in total. The van der Waals surface area contributed by atoms with E-state index >= 15 is 0 Å². The third kappa shape index (κ3) is 4.13. The van der Waals surface area contributed by atoms with E-state index in [9.17, 15) is 0 Å². The first-order valence-corrected chi connectivity index (χ1v) is 11.1. The highest BCUT2D eigenvalue weighted by atomic mass is 14.1. The van der Waals surface area contributed by atoms with Crippen LogP contribution in [-0.4, -0.2) is 0 Å². The minimum Gasteiger partial charge on any atom is -0.0622 e. The average molecular weight is 411 g/mol. The summed E-state index contributed by atoms with van der Waals surface area (Å²) in [5, 5.41) is 0. The number of hydrogen-bond acceptors (Lipinski definition) is 0. The summed E-state index contributed by atoms with van der Waals surface area (Å²) in [6.07, 6.45) is 0. The highest BCUT2D eigenvalue weighted by Gasteiger charge is 2.10. The van der Waals surface area contributed by atoms with Crippen molar-refractivity contribution in [3.63, 3.8) is 0 Å². The van der Waals surface area contributed by atoms with Crippen molar-refractivity contribution in [1.82, 2.24) is 0 Å². The number of aryl methyl sites for hydroxylation is 2. The Labute approximate surface area is 190 Å². The van der Waals surface area contributed by atoms with Gasteiger partial charge in [0.1, 0.15) is 0 Å². The summed E-state index contributed by atoms with van der Waals surface area (Å²) < 4.78 is 0. The summed E-state index contributed by atoms with van der Waals surface area (Å²) in [6, 6.07) is 43.9. The Morgan fingerprint density at radius 2 is 0.844 bits per heavy atom. The van der Waals surface area contributed by atoms with Gasteiger partial charge < -0.3 is 0 Å². The van der Waals surface area contributed by atoms with Crippen LogP contribution in [0.5, 0.6) is 0 Å². The van der Waals surface area contributed by atoms with Crippen LogP contribution in [0.3, 0.4) is 0 Å². The summed E-state index contributed by atoms with van der Waals surface area (Å²) in [5.74, 6) is 0. The zero-order chi connectivity index (χ0) is 21.9. The molecule has 0 bridgehead atoms. The van der Waals surface area contributed by atoms with Crippen molar-refractivity contribution in [2.45, 2.75) is 13.8 Å². The average Bonchev–Trinajstić information content (AvgIpc) is 2.85. The highest BCUT2D eigenvalue weighted by molar-refractivity contribution is 5.87. The molecule has 0 aromatic heterocycles. The molecular weight excluding hydrogens is 384 g/mol. The summed E-state index contributed by atoms with van der Waals surface area (Å²) in [6.45, 7) is 4.27. The van der Waals surface area contributed by atoms with E-state index in [0.717, 1.165) is 0 Å². The molecule has 0 aliphatic carbocycles. The van der Waals surface area contributed by atoms with Crippen LogP contribution in [0.2, 0.25) is 0 Å². The van der Waals surface area contributed by atoms with Crippen molar-refractivity contribution >= 4 is 0 Å². The fourth-order valence-electron chi connectivity index (χ4n) is 4.24. The summed E-state index contributed by atoms with van der Waals surface area (Å²) in [5.41, 5.74) is 12.5. The monoisotopic (exact) mass is 410 g/mol. The molecule has 154 valence electrons. The van der Waals surface area contributed by atoms with Crippen molar-refractivity contribution in [3.8, 4) is 44.5 Å². The third-order valence-electron chi connectivity index (χ3n) is 6.04. The van der Waals surface area contributed by atoms with E-state index < -0.39 is 0 Å². The zero-order valence-electron chi connectivity index (χ0n) is 18.5. The van der Waals surface area contributed by atoms with E-state index in [0.29, 0.717) is 0 Å². The van der Waals surface area contributed by atoms with Crippen LogP contribution in [0.25, 0.3) is 44.5 Å². The van der Waals surface area contributed by atoms with Crippen LogP contribution in [0.15, 0.2) is 121 Å². The SMILES string of the molecule is Cc1ccc(-c2ccc(-c3ccc(-c4cccc(C)c4)cc3)c(-c3ccccc3)c2)cc1. The topological polar surface area (TPSA) is 0 Å². The molecule has 0 saturated heterocycles.